The van der Waals surface area contributed by atoms with Gasteiger partial charge in [-0.2, -0.15) is 13.2 Å². The van der Waals surface area contributed by atoms with Gasteiger partial charge in [0, 0.05) is 12.6 Å². The highest BCUT2D eigenvalue weighted by Crippen LogP contribution is 2.33. The van der Waals surface area contributed by atoms with Gasteiger partial charge in [-0.05, 0) is 25.5 Å². The van der Waals surface area contributed by atoms with Crippen LogP contribution in [0, 0.1) is 5.82 Å². The monoisotopic (exact) mass is 381 g/mol. The smallest absolute Gasteiger partial charge is 0.351 e. The molecule has 6 nitrogen and oxygen atoms in total. The summed E-state index contributed by atoms with van der Waals surface area (Å²) in [4.78, 5) is 12.0. The fourth-order valence-corrected chi connectivity index (χ4v) is 1.98. The van der Waals surface area contributed by atoms with Gasteiger partial charge in [0.15, 0.2) is 11.4 Å². The third-order valence-corrected chi connectivity index (χ3v) is 3.12. The van der Waals surface area contributed by atoms with Crippen molar-refractivity contribution in [2.45, 2.75) is 25.6 Å². The van der Waals surface area contributed by atoms with Gasteiger partial charge in [-0.3, -0.25) is 4.79 Å². The molecule has 0 aliphatic heterocycles. The Labute approximate surface area is 146 Å². The largest absolute Gasteiger partial charge is 0.435 e. The molecule has 1 aromatic heterocycles. The number of amides is 1. The lowest BCUT2D eigenvalue weighted by Crippen LogP contribution is -2.31. The first-order chi connectivity index (χ1) is 11.2. The fourth-order valence-electron chi connectivity index (χ4n) is 1.98. The van der Waals surface area contributed by atoms with E-state index in [0.29, 0.717) is 6.42 Å². The van der Waals surface area contributed by atoms with Crippen LogP contribution in [-0.2, 0) is 6.18 Å². The molecule has 1 unspecified atom stereocenters. The zero-order valence-electron chi connectivity index (χ0n) is 13.0. The molecular formula is C14H16ClF4N5O. The van der Waals surface area contributed by atoms with Gasteiger partial charge in [-0.1, -0.05) is 17.3 Å². The van der Waals surface area contributed by atoms with E-state index in [1.807, 2.05) is 0 Å². The number of nitrogens with zero attached hydrogens (tertiary/aromatic N) is 3. The van der Waals surface area contributed by atoms with E-state index in [1.165, 1.54) is 12.1 Å². The summed E-state index contributed by atoms with van der Waals surface area (Å²) in [5, 5.41) is 8.87. The normalized spacial score (nSPS) is 12.4. The Hall–Kier alpha value is -2.20. The molecule has 0 saturated heterocycles. The van der Waals surface area contributed by atoms with Crippen LogP contribution in [0.4, 0.5) is 17.6 Å². The van der Waals surface area contributed by atoms with Crippen molar-refractivity contribution in [2.24, 2.45) is 5.73 Å². The highest BCUT2D eigenvalue weighted by molar-refractivity contribution is 5.93. The Bertz CT molecular complexity index is 732. The number of carbonyl (C=O) groups excluding carboxylic acids is 1. The topological polar surface area (TPSA) is 85.8 Å². The first kappa shape index (κ1) is 20.8. The van der Waals surface area contributed by atoms with E-state index in [9.17, 15) is 22.4 Å². The summed E-state index contributed by atoms with van der Waals surface area (Å²) < 4.78 is 54.1. The third kappa shape index (κ3) is 4.89. The SMILES string of the molecule is CC(N)CCNC(=O)c1nnn(-c2ccccc2F)c1C(F)(F)F.Cl. The average molecular weight is 382 g/mol. The van der Waals surface area contributed by atoms with E-state index in [0.717, 1.165) is 12.1 Å². The van der Waals surface area contributed by atoms with E-state index in [4.69, 9.17) is 5.73 Å². The second-order valence-electron chi connectivity index (χ2n) is 5.17. The van der Waals surface area contributed by atoms with Crippen LogP contribution in [0.1, 0.15) is 29.5 Å². The first-order valence-corrected chi connectivity index (χ1v) is 7.03. The van der Waals surface area contributed by atoms with Crippen LogP contribution < -0.4 is 11.1 Å². The van der Waals surface area contributed by atoms with E-state index >= 15 is 0 Å². The zero-order chi connectivity index (χ0) is 17.9. The molecule has 3 N–H and O–H groups in total. The van der Waals surface area contributed by atoms with Crippen LogP contribution in [0.5, 0.6) is 0 Å². The maximum absolute atomic E-state index is 13.8. The van der Waals surface area contributed by atoms with E-state index in [-0.39, 0.29) is 29.7 Å². The molecule has 1 heterocycles. The van der Waals surface area contributed by atoms with Crippen molar-refractivity contribution in [1.82, 2.24) is 20.3 Å². The van der Waals surface area contributed by atoms with Crippen molar-refractivity contribution in [1.29, 1.82) is 0 Å². The van der Waals surface area contributed by atoms with Gasteiger partial charge in [0.2, 0.25) is 0 Å². The first-order valence-electron chi connectivity index (χ1n) is 7.03. The number of rotatable bonds is 5. The van der Waals surface area contributed by atoms with Gasteiger partial charge < -0.3 is 11.1 Å². The number of para-hydroxylation sites is 1. The van der Waals surface area contributed by atoms with Crippen molar-refractivity contribution < 1.29 is 22.4 Å². The minimum atomic E-state index is -4.94. The quantitative estimate of drug-likeness (QED) is 0.778. The molecule has 2 aromatic rings. The Balaban J connectivity index is 0.00000312. The third-order valence-electron chi connectivity index (χ3n) is 3.12. The fraction of sp³-hybridized carbons (Fsp3) is 0.357. The molecule has 1 aromatic carbocycles. The van der Waals surface area contributed by atoms with Gasteiger partial charge in [0.1, 0.15) is 11.5 Å². The predicted octanol–water partition coefficient (Wildman–Crippen LogP) is 2.31. The van der Waals surface area contributed by atoms with Gasteiger partial charge in [0.05, 0.1) is 0 Å². The summed E-state index contributed by atoms with van der Waals surface area (Å²) in [5.41, 5.74) is 2.70. The van der Waals surface area contributed by atoms with Crippen LogP contribution >= 0.6 is 12.4 Å². The number of alkyl halides is 3. The maximum Gasteiger partial charge on any atom is 0.435 e. The zero-order valence-corrected chi connectivity index (χ0v) is 13.9. The predicted molar refractivity (Wildman–Crippen MR) is 84.2 cm³/mol. The lowest BCUT2D eigenvalue weighted by Gasteiger charge is -2.12. The maximum atomic E-state index is 13.8. The van der Waals surface area contributed by atoms with Crippen LogP contribution in [0.25, 0.3) is 5.69 Å². The summed E-state index contributed by atoms with van der Waals surface area (Å²) >= 11 is 0. The Kier molecular flexibility index (Phi) is 6.88. The Morgan fingerprint density at radius 2 is 2.00 bits per heavy atom. The molecule has 0 spiro atoms. The number of aromatic nitrogens is 3. The van der Waals surface area contributed by atoms with Gasteiger partial charge in [0.25, 0.3) is 5.91 Å². The summed E-state index contributed by atoms with van der Waals surface area (Å²) in [7, 11) is 0. The second-order valence-corrected chi connectivity index (χ2v) is 5.17. The number of carbonyl (C=O) groups is 1. The lowest BCUT2D eigenvalue weighted by molar-refractivity contribution is -0.143. The molecular weight excluding hydrogens is 366 g/mol. The molecule has 1 atom stereocenters. The lowest BCUT2D eigenvalue weighted by atomic mass is 10.2. The van der Waals surface area contributed by atoms with Gasteiger partial charge in [-0.25, -0.2) is 9.07 Å². The van der Waals surface area contributed by atoms with Crippen molar-refractivity contribution in [3.05, 3.63) is 41.5 Å². The molecule has 0 saturated carbocycles. The van der Waals surface area contributed by atoms with Gasteiger partial charge >= 0.3 is 6.18 Å². The summed E-state index contributed by atoms with van der Waals surface area (Å²) in [6.45, 7) is 1.78. The number of halogens is 5. The van der Waals surface area contributed by atoms with Gasteiger partial charge in [-0.15, -0.1) is 17.5 Å². The summed E-state index contributed by atoms with van der Waals surface area (Å²) in [5.74, 6) is -1.97. The molecule has 1 amide bonds. The number of hydrogen-bond donors (Lipinski definition) is 2. The molecule has 25 heavy (non-hydrogen) atoms. The molecule has 138 valence electrons. The average Bonchev–Trinajstić information content (AvgIpc) is 2.92. The standard InChI is InChI=1S/C14H15F4N5O.ClH/c1-8(19)6-7-20-13(24)11-12(14(16,17)18)23(22-21-11)10-5-3-2-4-9(10)15;/h2-5,8H,6-7,19H2,1H3,(H,20,24);1H. The second kappa shape index (κ2) is 8.26. The number of hydrogen-bond acceptors (Lipinski definition) is 4. The summed E-state index contributed by atoms with van der Waals surface area (Å²) in [6, 6.07) is 4.55. The molecule has 11 heteroatoms. The molecule has 0 bridgehead atoms. The van der Waals surface area contributed by atoms with Crippen molar-refractivity contribution in [2.75, 3.05) is 6.54 Å². The van der Waals surface area contributed by atoms with Crippen molar-refractivity contribution in [3.63, 3.8) is 0 Å². The number of nitrogens with two attached hydrogens (primary N) is 1. The molecule has 0 aliphatic rings. The molecule has 0 radical (unpaired) electrons. The van der Waals surface area contributed by atoms with Crippen molar-refractivity contribution in [3.8, 4) is 5.69 Å². The van der Waals surface area contributed by atoms with Crippen molar-refractivity contribution >= 4 is 18.3 Å². The van der Waals surface area contributed by atoms with Crippen LogP contribution in [-0.4, -0.2) is 33.5 Å². The van der Waals surface area contributed by atoms with Crippen LogP contribution in [0.2, 0.25) is 0 Å². The summed E-state index contributed by atoms with van der Waals surface area (Å²) in [6.07, 6.45) is -4.56. The highest BCUT2D eigenvalue weighted by atomic mass is 35.5. The number of nitrogens with one attached hydrogen (secondary N) is 1. The number of benzene rings is 1. The minimum absolute atomic E-state index is 0. The van der Waals surface area contributed by atoms with Crippen LogP contribution in [0.3, 0.4) is 0 Å². The highest BCUT2D eigenvalue weighted by Gasteiger charge is 2.42. The van der Waals surface area contributed by atoms with E-state index < -0.39 is 35.0 Å². The molecule has 2 rings (SSSR count). The minimum Gasteiger partial charge on any atom is -0.351 e. The Morgan fingerprint density at radius 3 is 2.56 bits per heavy atom. The Morgan fingerprint density at radius 1 is 1.36 bits per heavy atom. The van der Waals surface area contributed by atoms with Crippen LogP contribution in [0.15, 0.2) is 24.3 Å². The van der Waals surface area contributed by atoms with E-state index in [1.54, 1.807) is 6.92 Å². The molecule has 0 aliphatic carbocycles. The van der Waals surface area contributed by atoms with E-state index in [2.05, 4.69) is 15.6 Å². The molecule has 0 fully saturated rings.